The van der Waals surface area contributed by atoms with E-state index in [1.165, 1.54) is 6.07 Å². The number of aliphatic hydroxyl groups is 1. The molecule has 0 amide bonds. The van der Waals surface area contributed by atoms with Crippen LogP contribution in [0.25, 0.3) is 0 Å². The second kappa shape index (κ2) is 5.70. The first kappa shape index (κ1) is 16.5. The second-order valence-corrected chi connectivity index (χ2v) is 9.99. The molecule has 0 fully saturated rings. The predicted octanol–water partition coefficient (Wildman–Crippen LogP) is 1.27. The van der Waals surface area contributed by atoms with Gasteiger partial charge in [-0.1, -0.05) is 25.1 Å². The fourth-order valence-electron chi connectivity index (χ4n) is 2.66. The van der Waals surface area contributed by atoms with Gasteiger partial charge in [-0.15, -0.1) is 0 Å². The smallest absolute Gasteiger partial charge is 0.178 e. The van der Waals surface area contributed by atoms with Crippen LogP contribution in [0.4, 0.5) is 0 Å². The molecule has 1 aromatic rings. The van der Waals surface area contributed by atoms with Crippen molar-refractivity contribution in [1.29, 1.82) is 0 Å². The summed E-state index contributed by atoms with van der Waals surface area (Å²) in [5.74, 6) is -0.0157. The van der Waals surface area contributed by atoms with Crippen molar-refractivity contribution < 1.29 is 21.9 Å². The van der Waals surface area contributed by atoms with Crippen LogP contribution in [0, 0.1) is 0 Å². The monoisotopic (exact) mass is 332 g/mol. The maximum absolute atomic E-state index is 12.0. The lowest BCUT2D eigenvalue weighted by Crippen LogP contribution is -2.35. The third-order valence-electron chi connectivity index (χ3n) is 3.99. The summed E-state index contributed by atoms with van der Waals surface area (Å²) >= 11 is 0. The molecule has 1 atom stereocenters. The first-order chi connectivity index (χ1) is 9.70. The summed E-state index contributed by atoms with van der Waals surface area (Å²) in [6.07, 6.45) is 0.679. The zero-order chi connectivity index (χ0) is 15.7. The highest BCUT2D eigenvalue weighted by Gasteiger charge is 2.40. The predicted molar refractivity (Wildman–Crippen MR) is 80.6 cm³/mol. The lowest BCUT2D eigenvalue weighted by Gasteiger charge is -2.34. The molecule has 1 aliphatic heterocycles. The van der Waals surface area contributed by atoms with Crippen molar-refractivity contribution in [2.75, 3.05) is 17.3 Å². The lowest BCUT2D eigenvalue weighted by molar-refractivity contribution is 0.0185. The quantitative estimate of drug-likeness (QED) is 0.877. The Hall–Kier alpha value is -0.920. The Morgan fingerprint density at radius 3 is 2.62 bits per heavy atom. The van der Waals surface area contributed by atoms with Gasteiger partial charge in [0.05, 0.1) is 22.0 Å². The lowest BCUT2D eigenvalue weighted by atomic mass is 9.86. The van der Waals surface area contributed by atoms with Crippen LogP contribution in [-0.4, -0.2) is 39.2 Å². The van der Waals surface area contributed by atoms with Crippen LogP contribution in [0.1, 0.15) is 31.7 Å². The fraction of sp³-hybridized carbons (Fsp3) is 0.571. The van der Waals surface area contributed by atoms with E-state index < -0.39 is 25.3 Å². The molecule has 118 valence electrons. The van der Waals surface area contributed by atoms with Gasteiger partial charge in [-0.2, -0.15) is 0 Å². The van der Waals surface area contributed by atoms with Crippen molar-refractivity contribution in [3.8, 4) is 0 Å². The summed E-state index contributed by atoms with van der Waals surface area (Å²) < 4.78 is 47.1. The molecule has 0 saturated carbocycles. The molecule has 2 rings (SSSR count). The van der Waals surface area contributed by atoms with Gasteiger partial charge < -0.3 is 5.11 Å². The topological polar surface area (TPSA) is 88.5 Å². The summed E-state index contributed by atoms with van der Waals surface area (Å²) in [4.78, 5) is 0.164. The SMILES string of the molecule is CCS(=O)(=O)CCCC1(O)CCS(=O)(=O)c2ccccc21. The van der Waals surface area contributed by atoms with Gasteiger partial charge in [0, 0.05) is 11.3 Å². The van der Waals surface area contributed by atoms with Gasteiger partial charge in [-0.3, -0.25) is 0 Å². The summed E-state index contributed by atoms with van der Waals surface area (Å²) in [7, 11) is -6.43. The molecule has 0 saturated heterocycles. The van der Waals surface area contributed by atoms with Gasteiger partial charge in [0.25, 0.3) is 0 Å². The standard InChI is InChI=1S/C14H20O5S2/c1-2-20(16,17)10-5-8-14(15)9-11-21(18,19)13-7-4-3-6-12(13)14/h3-4,6-7,15H,2,5,8-11H2,1H3. The largest absolute Gasteiger partial charge is 0.385 e. The summed E-state index contributed by atoms with van der Waals surface area (Å²) in [5, 5.41) is 10.8. The van der Waals surface area contributed by atoms with Crippen LogP contribution < -0.4 is 0 Å². The van der Waals surface area contributed by atoms with Crippen LogP contribution >= 0.6 is 0 Å². The molecule has 0 aromatic heterocycles. The molecule has 1 unspecified atom stereocenters. The Labute approximate surface area is 125 Å². The highest BCUT2D eigenvalue weighted by Crippen LogP contribution is 2.39. The number of fused-ring (bicyclic) bond motifs is 1. The van der Waals surface area contributed by atoms with Gasteiger partial charge >= 0.3 is 0 Å². The second-order valence-electron chi connectivity index (χ2n) is 5.44. The Kier molecular flexibility index (Phi) is 4.46. The van der Waals surface area contributed by atoms with Crippen molar-refractivity contribution in [3.63, 3.8) is 0 Å². The van der Waals surface area contributed by atoms with E-state index in [9.17, 15) is 21.9 Å². The minimum Gasteiger partial charge on any atom is -0.385 e. The molecule has 1 aromatic carbocycles. The summed E-state index contributed by atoms with van der Waals surface area (Å²) in [6.45, 7) is 1.59. The molecule has 0 aliphatic carbocycles. The third-order valence-corrected chi connectivity index (χ3v) is 7.55. The van der Waals surface area contributed by atoms with Crippen molar-refractivity contribution >= 4 is 19.7 Å². The van der Waals surface area contributed by atoms with Crippen molar-refractivity contribution in [3.05, 3.63) is 29.8 Å². The Morgan fingerprint density at radius 2 is 1.95 bits per heavy atom. The number of benzene rings is 1. The van der Waals surface area contributed by atoms with Gasteiger partial charge in [0.1, 0.15) is 9.84 Å². The first-order valence-corrected chi connectivity index (χ1v) is 10.4. The zero-order valence-electron chi connectivity index (χ0n) is 11.9. The van der Waals surface area contributed by atoms with E-state index in [1.807, 2.05) is 0 Å². The van der Waals surface area contributed by atoms with E-state index >= 15 is 0 Å². The van der Waals surface area contributed by atoms with Crippen molar-refractivity contribution in [2.45, 2.75) is 36.7 Å². The van der Waals surface area contributed by atoms with Crippen LogP contribution in [0.5, 0.6) is 0 Å². The van der Waals surface area contributed by atoms with Crippen molar-refractivity contribution in [2.24, 2.45) is 0 Å². The number of rotatable bonds is 5. The maximum Gasteiger partial charge on any atom is 0.178 e. The fourth-order valence-corrected chi connectivity index (χ4v) is 5.24. The summed E-state index contributed by atoms with van der Waals surface area (Å²) in [6, 6.07) is 6.43. The van der Waals surface area contributed by atoms with Crippen LogP contribution in [-0.2, 0) is 25.3 Å². The van der Waals surface area contributed by atoms with E-state index in [2.05, 4.69) is 0 Å². The van der Waals surface area contributed by atoms with E-state index in [0.717, 1.165) is 0 Å². The Bertz CT molecular complexity index is 721. The number of hydrogen-bond donors (Lipinski definition) is 1. The van der Waals surface area contributed by atoms with Crippen LogP contribution in [0.3, 0.4) is 0 Å². The van der Waals surface area contributed by atoms with Crippen molar-refractivity contribution in [1.82, 2.24) is 0 Å². The average Bonchev–Trinajstić information content (AvgIpc) is 2.44. The number of hydrogen-bond acceptors (Lipinski definition) is 5. The molecular weight excluding hydrogens is 312 g/mol. The highest BCUT2D eigenvalue weighted by molar-refractivity contribution is 7.91. The van der Waals surface area contributed by atoms with Crippen LogP contribution in [0.2, 0.25) is 0 Å². The molecule has 5 nitrogen and oxygen atoms in total. The van der Waals surface area contributed by atoms with E-state index in [4.69, 9.17) is 0 Å². The minimum atomic E-state index is -3.35. The summed E-state index contributed by atoms with van der Waals surface area (Å²) in [5.41, 5.74) is -0.865. The van der Waals surface area contributed by atoms with Gasteiger partial charge in [0.2, 0.25) is 0 Å². The normalized spacial score (nSPS) is 24.5. The first-order valence-electron chi connectivity index (χ1n) is 6.95. The maximum atomic E-state index is 12.0. The molecule has 0 bridgehead atoms. The zero-order valence-corrected chi connectivity index (χ0v) is 13.6. The van der Waals surface area contributed by atoms with E-state index in [-0.39, 0.29) is 35.0 Å². The Balaban J connectivity index is 2.24. The molecule has 0 spiro atoms. The highest BCUT2D eigenvalue weighted by atomic mass is 32.2. The molecule has 1 aliphatic rings. The Morgan fingerprint density at radius 1 is 1.29 bits per heavy atom. The molecule has 1 heterocycles. The molecule has 21 heavy (non-hydrogen) atoms. The van der Waals surface area contributed by atoms with Gasteiger partial charge in [0.15, 0.2) is 9.84 Å². The number of sulfone groups is 2. The van der Waals surface area contributed by atoms with Crippen LogP contribution in [0.15, 0.2) is 29.2 Å². The minimum absolute atomic E-state index is 0.0146. The third kappa shape index (κ3) is 3.46. The van der Waals surface area contributed by atoms with E-state index in [0.29, 0.717) is 12.0 Å². The average molecular weight is 332 g/mol. The van der Waals surface area contributed by atoms with E-state index in [1.54, 1.807) is 25.1 Å². The molecule has 0 radical (unpaired) electrons. The molecular formula is C14H20O5S2. The van der Waals surface area contributed by atoms with Gasteiger partial charge in [-0.25, -0.2) is 16.8 Å². The molecule has 7 heteroatoms. The molecule has 1 N–H and O–H groups in total. The van der Waals surface area contributed by atoms with Gasteiger partial charge in [-0.05, 0) is 25.3 Å².